The minimum atomic E-state index is -0.978. The molecule has 1 atom stereocenters. The van der Waals surface area contributed by atoms with E-state index in [0.29, 0.717) is 22.6 Å². The molecule has 0 saturated carbocycles. The second kappa shape index (κ2) is 5.69. The van der Waals surface area contributed by atoms with Gasteiger partial charge in [-0.1, -0.05) is 12.1 Å². The maximum Gasteiger partial charge on any atom is 0.140 e. The fraction of sp³-hybridized carbons (Fsp3) is 0.118. The number of hydrogen-bond acceptors (Lipinski definition) is 2. The first-order valence-electron chi connectivity index (χ1n) is 6.79. The van der Waals surface area contributed by atoms with Crippen LogP contribution in [0.3, 0.4) is 0 Å². The fourth-order valence-electron chi connectivity index (χ4n) is 2.25. The summed E-state index contributed by atoms with van der Waals surface area (Å²) < 4.78 is 26.2. The molecule has 5 heteroatoms. The molecule has 112 valence electrons. The van der Waals surface area contributed by atoms with Crippen molar-refractivity contribution < 1.29 is 13.9 Å². The lowest BCUT2D eigenvalue weighted by molar-refractivity contribution is 0.211. The van der Waals surface area contributed by atoms with E-state index >= 15 is 0 Å². The third kappa shape index (κ3) is 2.76. The number of halogens is 2. The van der Waals surface area contributed by atoms with E-state index in [2.05, 4.69) is 9.97 Å². The molecule has 1 aromatic heterocycles. The van der Waals surface area contributed by atoms with E-state index in [1.807, 2.05) is 0 Å². The minimum absolute atomic E-state index is 0.315. The van der Waals surface area contributed by atoms with E-state index in [9.17, 15) is 13.9 Å². The van der Waals surface area contributed by atoms with Crippen LogP contribution in [0, 0.1) is 18.6 Å². The Kier molecular flexibility index (Phi) is 3.73. The molecule has 22 heavy (non-hydrogen) atoms. The Balaban J connectivity index is 1.89. The molecule has 3 nitrogen and oxygen atoms in total. The highest BCUT2D eigenvalue weighted by Crippen LogP contribution is 2.24. The summed E-state index contributed by atoms with van der Waals surface area (Å²) in [4.78, 5) is 7.15. The summed E-state index contributed by atoms with van der Waals surface area (Å²) in [6, 6.07) is 10.4. The standard InChI is InChI=1S/C17H14F2N2O/c1-10-8-12(4-7-14(10)19)16(22)17-20-9-15(21-17)11-2-5-13(18)6-3-11/h2-9,16,22H,1H3,(H,20,21). The first-order chi connectivity index (χ1) is 10.5. The van der Waals surface area contributed by atoms with E-state index < -0.39 is 6.10 Å². The van der Waals surface area contributed by atoms with E-state index in [1.54, 1.807) is 31.3 Å². The number of H-pyrrole nitrogens is 1. The van der Waals surface area contributed by atoms with E-state index in [4.69, 9.17) is 0 Å². The first-order valence-corrected chi connectivity index (χ1v) is 6.79. The normalized spacial score (nSPS) is 12.4. The molecule has 0 saturated heterocycles. The van der Waals surface area contributed by atoms with Gasteiger partial charge in [0.25, 0.3) is 0 Å². The van der Waals surface area contributed by atoms with Crippen LogP contribution in [0.15, 0.2) is 48.7 Å². The van der Waals surface area contributed by atoms with Crippen LogP contribution >= 0.6 is 0 Å². The predicted molar refractivity (Wildman–Crippen MR) is 79.2 cm³/mol. The second-order valence-corrected chi connectivity index (χ2v) is 5.10. The predicted octanol–water partition coefficient (Wildman–Crippen LogP) is 3.75. The van der Waals surface area contributed by atoms with Crippen molar-refractivity contribution in [1.29, 1.82) is 0 Å². The van der Waals surface area contributed by atoms with Gasteiger partial charge in [-0.3, -0.25) is 0 Å². The Bertz CT molecular complexity index is 797. The largest absolute Gasteiger partial charge is 0.380 e. The molecule has 2 aromatic carbocycles. The Hall–Kier alpha value is -2.53. The van der Waals surface area contributed by atoms with E-state index in [0.717, 1.165) is 5.56 Å². The van der Waals surface area contributed by atoms with Gasteiger partial charge in [-0.25, -0.2) is 13.8 Å². The average Bonchev–Trinajstić information content (AvgIpc) is 3.00. The smallest absolute Gasteiger partial charge is 0.140 e. The fourth-order valence-corrected chi connectivity index (χ4v) is 2.25. The number of nitrogens with zero attached hydrogens (tertiary/aromatic N) is 1. The lowest BCUT2D eigenvalue weighted by Gasteiger charge is -2.09. The molecule has 0 aliphatic carbocycles. The molecule has 2 N–H and O–H groups in total. The van der Waals surface area contributed by atoms with E-state index in [1.165, 1.54) is 24.3 Å². The monoisotopic (exact) mass is 300 g/mol. The van der Waals surface area contributed by atoms with Crippen molar-refractivity contribution in [2.45, 2.75) is 13.0 Å². The molecule has 3 rings (SSSR count). The number of aliphatic hydroxyl groups excluding tert-OH is 1. The quantitative estimate of drug-likeness (QED) is 0.774. The van der Waals surface area contributed by atoms with Crippen LogP contribution in [-0.2, 0) is 0 Å². The zero-order valence-corrected chi connectivity index (χ0v) is 11.8. The molecule has 1 heterocycles. The summed E-state index contributed by atoms with van der Waals surface area (Å²) in [7, 11) is 0. The molecule has 0 fully saturated rings. The summed E-state index contributed by atoms with van der Waals surface area (Å²) >= 11 is 0. The van der Waals surface area contributed by atoms with Crippen molar-refractivity contribution in [2.75, 3.05) is 0 Å². The third-order valence-electron chi connectivity index (χ3n) is 3.51. The van der Waals surface area contributed by atoms with Crippen LogP contribution < -0.4 is 0 Å². The zero-order valence-electron chi connectivity index (χ0n) is 11.8. The molecule has 0 amide bonds. The first kappa shape index (κ1) is 14.4. The van der Waals surface area contributed by atoms with Gasteiger partial charge in [-0.2, -0.15) is 0 Å². The molecule has 0 aliphatic heterocycles. The second-order valence-electron chi connectivity index (χ2n) is 5.10. The highest BCUT2D eigenvalue weighted by molar-refractivity contribution is 5.58. The van der Waals surface area contributed by atoms with Crippen LogP contribution in [0.5, 0.6) is 0 Å². The molecule has 0 spiro atoms. The topological polar surface area (TPSA) is 48.9 Å². The summed E-state index contributed by atoms with van der Waals surface area (Å²) in [5, 5.41) is 10.3. The van der Waals surface area contributed by atoms with Gasteiger partial charge in [0.15, 0.2) is 0 Å². The molecule has 0 radical (unpaired) electrons. The molecule has 0 aliphatic rings. The van der Waals surface area contributed by atoms with Gasteiger partial charge < -0.3 is 10.1 Å². The summed E-state index contributed by atoms with van der Waals surface area (Å²) in [6.45, 7) is 1.64. The molecule has 1 unspecified atom stereocenters. The van der Waals surface area contributed by atoms with Gasteiger partial charge in [-0.05, 0) is 53.9 Å². The van der Waals surface area contributed by atoms with Gasteiger partial charge in [0.1, 0.15) is 23.6 Å². The maximum absolute atomic E-state index is 13.3. The van der Waals surface area contributed by atoms with Crippen molar-refractivity contribution >= 4 is 0 Å². The number of nitrogens with one attached hydrogen (secondary N) is 1. The number of imidazole rings is 1. The highest BCUT2D eigenvalue weighted by atomic mass is 19.1. The Morgan fingerprint density at radius 1 is 1.09 bits per heavy atom. The minimum Gasteiger partial charge on any atom is -0.380 e. The number of aryl methyl sites for hydroxylation is 1. The van der Waals surface area contributed by atoms with Gasteiger partial charge >= 0.3 is 0 Å². The highest BCUT2D eigenvalue weighted by Gasteiger charge is 2.15. The van der Waals surface area contributed by atoms with Gasteiger partial charge in [0.2, 0.25) is 0 Å². The Morgan fingerprint density at radius 3 is 2.50 bits per heavy atom. The van der Waals surface area contributed by atoms with Crippen molar-refractivity contribution in [3.05, 3.63) is 77.2 Å². The third-order valence-corrected chi connectivity index (χ3v) is 3.51. The van der Waals surface area contributed by atoms with Gasteiger partial charge in [-0.15, -0.1) is 0 Å². The number of aliphatic hydroxyl groups is 1. The number of hydrogen-bond donors (Lipinski definition) is 2. The molecule has 0 bridgehead atoms. The summed E-state index contributed by atoms with van der Waals surface area (Å²) in [6.07, 6.45) is 0.593. The van der Waals surface area contributed by atoms with Gasteiger partial charge in [0.05, 0.1) is 11.9 Å². The zero-order chi connectivity index (χ0) is 15.7. The molecule has 3 aromatic rings. The van der Waals surface area contributed by atoms with Gasteiger partial charge in [0, 0.05) is 0 Å². The number of benzene rings is 2. The molecular weight excluding hydrogens is 286 g/mol. The van der Waals surface area contributed by atoms with Crippen molar-refractivity contribution in [2.24, 2.45) is 0 Å². The number of aromatic amines is 1. The van der Waals surface area contributed by atoms with Crippen molar-refractivity contribution in [3.8, 4) is 11.3 Å². The summed E-state index contributed by atoms with van der Waals surface area (Å²) in [5.41, 5.74) is 2.45. The van der Waals surface area contributed by atoms with Crippen LogP contribution in [0.4, 0.5) is 8.78 Å². The SMILES string of the molecule is Cc1cc(C(O)c2ncc(-c3ccc(F)cc3)[nH]2)ccc1F. The van der Waals surface area contributed by atoms with Crippen LogP contribution in [0.1, 0.15) is 23.1 Å². The average molecular weight is 300 g/mol. The maximum atomic E-state index is 13.3. The van der Waals surface area contributed by atoms with Crippen molar-refractivity contribution in [3.63, 3.8) is 0 Å². The lowest BCUT2D eigenvalue weighted by atomic mass is 10.1. The number of rotatable bonds is 3. The van der Waals surface area contributed by atoms with Crippen LogP contribution in [0.25, 0.3) is 11.3 Å². The van der Waals surface area contributed by atoms with E-state index in [-0.39, 0.29) is 11.6 Å². The van der Waals surface area contributed by atoms with Crippen molar-refractivity contribution in [1.82, 2.24) is 9.97 Å². The Morgan fingerprint density at radius 2 is 1.82 bits per heavy atom. The van der Waals surface area contributed by atoms with Crippen LogP contribution in [0.2, 0.25) is 0 Å². The lowest BCUT2D eigenvalue weighted by Crippen LogP contribution is -2.02. The summed E-state index contributed by atoms with van der Waals surface area (Å²) in [5.74, 6) is -0.280. The Labute approximate surface area is 126 Å². The number of aromatic nitrogens is 2. The molecular formula is C17H14F2N2O. The van der Waals surface area contributed by atoms with Crippen LogP contribution in [-0.4, -0.2) is 15.1 Å².